The van der Waals surface area contributed by atoms with Crippen LogP contribution in [-0.4, -0.2) is 30.0 Å². The molecular formula is C22H25NO2. The Morgan fingerprint density at radius 2 is 1.88 bits per heavy atom. The highest BCUT2D eigenvalue weighted by Gasteiger charge is 2.24. The lowest BCUT2D eigenvalue weighted by atomic mass is 9.90. The molecule has 1 atom stereocenters. The smallest absolute Gasteiger partial charge is 0.254 e. The van der Waals surface area contributed by atoms with Crippen molar-refractivity contribution >= 4 is 11.5 Å². The number of amides is 1. The number of rotatable bonds is 4. The molecule has 2 aromatic carbocycles. The third kappa shape index (κ3) is 4.11. The first-order chi connectivity index (χ1) is 12.0. The molecule has 0 saturated carbocycles. The van der Waals surface area contributed by atoms with Crippen LogP contribution in [0.3, 0.4) is 0 Å². The van der Waals surface area contributed by atoms with E-state index >= 15 is 0 Å². The van der Waals surface area contributed by atoms with E-state index < -0.39 is 0 Å². The van der Waals surface area contributed by atoms with Crippen molar-refractivity contribution in [3.8, 4) is 5.75 Å². The van der Waals surface area contributed by atoms with Gasteiger partial charge in [0.1, 0.15) is 5.75 Å². The van der Waals surface area contributed by atoms with Crippen molar-refractivity contribution < 1.29 is 9.53 Å². The first-order valence-corrected chi connectivity index (χ1v) is 8.86. The molecule has 1 amide bonds. The van der Waals surface area contributed by atoms with Crippen molar-refractivity contribution in [2.24, 2.45) is 5.92 Å². The van der Waals surface area contributed by atoms with Crippen molar-refractivity contribution in [3.63, 3.8) is 0 Å². The summed E-state index contributed by atoms with van der Waals surface area (Å²) in [6, 6.07) is 17.7. The van der Waals surface area contributed by atoms with E-state index in [0.29, 0.717) is 6.54 Å². The maximum Gasteiger partial charge on any atom is 0.254 e. The molecule has 0 bridgehead atoms. The van der Waals surface area contributed by atoms with Crippen LogP contribution in [0.1, 0.15) is 36.7 Å². The van der Waals surface area contributed by atoms with Gasteiger partial charge in [-0.05, 0) is 55.2 Å². The topological polar surface area (TPSA) is 29.5 Å². The van der Waals surface area contributed by atoms with Gasteiger partial charge in [-0.2, -0.15) is 0 Å². The van der Waals surface area contributed by atoms with E-state index in [4.69, 9.17) is 4.74 Å². The van der Waals surface area contributed by atoms with Crippen molar-refractivity contribution in [1.82, 2.24) is 4.90 Å². The molecule has 0 fully saturated rings. The van der Waals surface area contributed by atoms with Gasteiger partial charge in [0.05, 0.1) is 6.10 Å². The van der Waals surface area contributed by atoms with E-state index in [1.54, 1.807) is 0 Å². The van der Waals surface area contributed by atoms with Gasteiger partial charge in [-0.15, -0.1) is 0 Å². The van der Waals surface area contributed by atoms with Crippen LogP contribution in [0.25, 0.3) is 5.57 Å². The Balaban J connectivity index is 1.77. The van der Waals surface area contributed by atoms with Crippen LogP contribution in [0.4, 0.5) is 0 Å². The molecule has 1 heterocycles. The normalized spacial score (nSPS) is 17.4. The molecule has 1 unspecified atom stereocenters. The molecule has 0 aliphatic carbocycles. The van der Waals surface area contributed by atoms with Gasteiger partial charge in [0.15, 0.2) is 0 Å². The first kappa shape index (κ1) is 17.3. The number of nitrogens with zero attached hydrogens (tertiary/aromatic N) is 1. The summed E-state index contributed by atoms with van der Waals surface area (Å²) < 4.78 is 5.81. The minimum Gasteiger partial charge on any atom is -0.491 e. The van der Waals surface area contributed by atoms with Crippen LogP contribution < -0.4 is 4.74 Å². The van der Waals surface area contributed by atoms with Crippen LogP contribution in [0.2, 0.25) is 0 Å². The van der Waals surface area contributed by atoms with E-state index in [-0.39, 0.29) is 17.9 Å². The van der Waals surface area contributed by atoms with Crippen molar-refractivity contribution in [2.45, 2.75) is 26.9 Å². The number of ether oxygens (including phenoxy) is 1. The van der Waals surface area contributed by atoms with Crippen LogP contribution in [0.15, 0.2) is 60.7 Å². The minimum atomic E-state index is 0.0969. The molecule has 3 heteroatoms. The van der Waals surface area contributed by atoms with Gasteiger partial charge in [-0.3, -0.25) is 4.79 Å². The number of benzene rings is 2. The summed E-state index contributed by atoms with van der Waals surface area (Å²) in [4.78, 5) is 14.6. The minimum absolute atomic E-state index is 0.0969. The van der Waals surface area contributed by atoms with Crippen LogP contribution in [0.5, 0.6) is 5.75 Å². The molecule has 0 saturated heterocycles. The molecule has 25 heavy (non-hydrogen) atoms. The number of hydrogen-bond donors (Lipinski definition) is 0. The van der Waals surface area contributed by atoms with Gasteiger partial charge in [-0.25, -0.2) is 0 Å². The fraction of sp³-hybridized carbons (Fsp3) is 0.318. The second-order valence-corrected chi connectivity index (χ2v) is 6.83. The van der Waals surface area contributed by atoms with E-state index in [9.17, 15) is 4.79 Å². The molecule has 3 rings (SSSR count). The number of carbonyl (C=O) groups is 1. The zero-order valence-electron chi connectivity index (χ0n) is 15.1. The Kier molecular flexibility index (Phi) is 5.22. The predicted molar refractivity (Wildman–Crippen MR) is 102 cm³/mol. The number of carbonyl (C=O) groups excluding carboxylic acids is 1. The molecule has 2 aromatic rings. The second kappa shape index (κ2) is 7.56. The fourth-order valence-electron chi connectivity index (χ4n) is 3.27. The highest BCUT2D eigenvalue weighted by Crippen LogP contribution is 2.30. The second-order valence-electron chi connectivity index (χ2n) is 6.83. The Hall–Kier alpha value is -2.55. The quantitative estimate of drug-likeness (QED) is 0.814. The highest BCUT2D eigenvalue weighted by molar-refractivity contribution is 5.94. The lowest BCUT2D eigenvalue weighted by molar-refractivity contribution is 0.0756. The summed E-state index contributed by atoms with van der Waals surface area (Å²) in [6.45, 7) is 7.61. The number of hydrogen-bond acceptors (Lipinski definition) is 2. The average molecular weight is 335 g/mol. The van der Waals surface area contributed by atoms with Gasteiger partial charge in [0, 0.05) is 18.7 Å². The summed E-state index contributed by atoms with van der Waals surface area (Å²) in [5, 5.41) is 0. The van der Waals surface area contributed by atoms with E-state index in [1.807, 2.05) is 61.2 Å². The average Bonchev–Trinajstić information content (AvgIpc) is 2.61. The zero-order valence-corrected chi connectivity index (χ0v) is 15.1. The third-order valence-electron chi connectivity index (χ3n) is 4.40. The molecule has 0 N–H and O–H groups in total. The van der Waals surface area contributed by atoms with Gasteiger partial charge >= 0.3 is 0 Å². The van der Waals surface area contributed by atoms with Crippen molar-refractivity contribution in [3.05, 3.63) is 71.8 Å². The Bertz CT molecular complexity index is 765. The summed E-state index contributed by atoms with van der Waals surface area (Å²) in [6.07, 6.45) is 2.33. The monoisotopic (exact) mass is 335 g/mol. The van der Waals surface area contributed by atoms with Crippen LogP contribution in [0, 0.1) is 5.92 Å². The molecule has 0 radical (unpaired) electrons. The standard InChI is InChI=1S/C22H25NO2/c1-16(2)25-20-11-7-10-19(14-20)21-12-13-23(15-17(21)3)22(24)18-8-5-4-6-9-18/h4-12,14,16-17H,13,15H2,1-3H3. The lowest BCUT2D eigenvalue weighted by Gasteiger charge is -2.31. The Labute approximate surface area is 149 Å². The predicted octanol–water partition coefficient (Wildman–Crippen LogP) is 4.65. The van der Waals surface area contributed by atoms with Gasteiger partial charge in [0.25, 0.3) is 5.91 Å². The summed E-state index contributed by atoms with van der Waals surface area (Å²) in [5.74, 6) is 1.28. The molecule has 130 valence electrons. The third-order valence-corrected chi connectivity index (χ3v) is 4.40. The summed E-state index contributed by atoms with van der Waals surface area (Å²) in [5.41, 5.74) is 3.21. The maximum absolute atomic E-state index is 12.6. The van der Waals surface area contributed by atoms with Crippen LogP contribution >= 0.6 is 0 Å². The summed E-state index contributed by atoms with van der Waals surface area (Å²) >= 11 is 0. The largest absolute Gasteiger partial charge is 0.491 e. The van der Waals surface area contributed by atoms with Gasteiger partial charge in [-0.1, -0.05) is 43.3 Å². The molecule has 0 aromatic heterocycles. The van der Waals surface area contributed by atoms with Crippen LogP contribution in [-0.2, 0) is 0 Å². The molecular weight excluding hydrogens is 310 g/mol. The highest BCUT2D eigenvalue weighted by atomic mass is 16.5. The molecule has 3 nitrogen and oxygen atoms in total. The Morgan fingerprint density at radius 3 is 2.56 bits per heavy atom. The van der Waals surface area contributed by atoms with Crippen molar-refractivity contribution in [1.29, 1.82) is 0 Å². The molecule has 0 spiro atoms. The van der Waals surface area contributed by atoms with E-state index in [1.165, 1.54) is 11.1 Å². The lowest BCUT2D eigenvalue weighted by Crippen LogP contribution is -2.38. The zero-order chi connectivity index (χ0) is 17.8. The van der Waals surface area contributed by atoms with E-state index in [0.717, 1.165) is 17.9 Å². The van der Waals surface area contributed by atoms with E-state index in [2.05, 4.69) is 25.1 Å². The van der Waals surface area contributed by atoms with Crippen molar-refractivity contribution in [2.75, 3.05) is 13.1 Å². The molecule has 1 aliphatic rings. The summed E-state index contributed by atoms with van der Waals surface area (Å²) in [7, 11) is 0. The van der Waals surface area contributed by atoms with Gasteiger partial charge < -0.3 is 9.64 Å². The fourth-order valence-corrected chi connectivity index (χ4v) is 3.27. The van der Waals surface area contributed by atoms with Gasteiger partial charge in [0.2, 0.25) is 0 Å². The maximum atomic E-state index is 12.6. The first-order valence-electron chi connectivity index (χ1n) is 8.86. The Morgan fingerprint density at radius 1 is 1.12 bits per heavy atom. The molecule has 1 aliphatic heterocycles. The SMILES string of the molecule is CC(C)Oc1cccc(C2=CCN(C(=O)c3ccccc3)CC2C)c1.